The second-order valence-electron chi connectivity index (χ2n) is 14.8. The minimum absolute atomic E-state index is 0.0143. The number of amides is 4. The molecule has 1 unspecified atom stereocenters. The molecule has 16 heteroatoms. The fraction of sp³-hybridized carbons (Fsp3) is 0.425. The highest BCUT2D eigenvalue weighted by atomic mass is 79.9. The van der Waals surface area contributed by atoms with E-state index < -0.39 is 17.5 Å². The number of carbonyl (C=O) groups excluding carboxylic acids is 4. The summed E-state index contributed by atoms with van der Waals surface area (Å²) in [5, 5.41) is 8.04. The predicted molar refractivity (Wildman–Crippen MR) is 210 cm³/mol. The van der Waals surface area contributed by atoms with E-state index in [0.717, 1.165) is 69.7 Å². The van der Waals surface area contributed by atoms with Gasteiger partial charge in [-0.2, -0.15) is 0 Å². The number of anilines is 3. The zero-order valence-corrected chi connectivity index (χ0v) is 32.7. The van der Waals surface area contributed by atoms with Gasteiger partial charge in [-0.05, 0) is 93.1 Å². The van der Waals surface area contributed by atoms with Crippen molar-refractivity contribution < 1.29 is 32.8 Å². The molecule has 4 aromatic rings. The van der Waals surface area contributed by atoms with Gasteiger partial charge in [-0.25, -0.2) is 19.2 Å². The minimum Gasteiger partial charge on any atom is -0.372 e. The third-order valence-corrected chi connectivity index (χ3v) is 11.5. The summed E-state index contributed by atoms with van der Waals surface area (Å²) >= 11 is 3.20. The Labute approximate surface area is 331 Å². The summed E-state index contributed by atoms with van der Waals surface area (Å²) in [7, 11) is 1.67. The third kappa shape index (κ3) is 9.03. The average Bonchev–Trinajstić information content (AvgIpc) is 3.57. The van der Waals surface area contributed by atoms with Crippen molar-refractivity contribution in [3.8, 4) is 0 Å². The number of hydroxylamine groups is 1. The molecule has 56 heavy (non-hydrogen) atoms. The van der Waals surface area contributed by atoms with Gasteiger partial charge < -0.3 is 25.0 Å². The second kappa shape index (κ2) is 17.5. The van der Waals surface area contributed by atoms with Crippen LogP contribution in [-0.4, -0.2) is 84.0 Å². The molecule has 3 aliphatic heterocycles. The molecule has 1 aromatic heterocycles. The summed E-state index contributed by atoms with van der Waals surface area (Å²) < 4.78 is 32.3. The Kier molecular flexibility index (Phi) is 12.3. The summed E-state index contributed by atoms with van der Waals surface area (Å²) in [6.45, 7) is 4.79. The predicted octanol–water partition coefficient (Wildman–Crippen LogP) is 5.28. The lowest BCUT2D eigenvalue weighted by molar-refractivity contribution is -0.134. The second-order valence-corrected chi connectivity index (χ2v) is 15.7. The van der Waals surface area contributed by atoms with Crippen LogP contribution in [0, 0.1) is 23.5 Å². The van der Waals surface area contributed by atoms with Gasteiger partial charge in [0.1, 0.15) is 11.3 Å². The van der Waals surface area contributed by atoms with Gasteiger partial charge in [-0.3, -0.25) is 29.3 Å². The number of benzene rings is 3. The summed E-state index contributed by atoms with van der Waals surface area (Å²) in [6, 6.07) is 13.9. The summed E-state index contributed by atoms with van der Waals surface area (Å²) in [4.78, 5) is 64.2. The first-order chi connectivity index (χ1) is 27.0. The number of piperidine rings is 3. The molecule has 3 saturated heterocycles. The van der Waals surface area contributed by atoms with Crippen molar-refractivity contribution in [2.75, 3.05) is 56.1 Å². The molecule has 7 rings (SSSR count). The van der Waals surface area contributed by atoms with E-state index in [2.05, 4.69) is 64.3 Å². The lowest BCUT2D eigenvalue weighted by Crippen LogP contribution is -2.44. The molecule has 0 saturated carbocycles. The van der Waals surface area contributed by atoms with E-state index in [4.69, 9.17) is 4.84 Å². The highest BCUT2D eigenvalue weighted by Crippen LogP contribution is 2.33. The zero-order chi connectivity index (χ0) is 39.3. The molecule has 0 bridgehead atoms. The molecule has 4 amide bonds. The first-order valence-electron chi connectivity index (χ1n) is 19.0. The smallest absolute Gasteiger partial charge is 0.277 e. The molecule has 0 radical (unpaired) electrons. The summed E-state index contributed by atoms with van der Waals surface area (Å²) in [6.07, 6.45) is 6.03. The van der Waals surface area contributed by atoms with Crippen LogP contribution in [0.4, 0.5) is 25.8 Å². The minimum atomic E-state index is -0.813. The number of imide groups is 1. The molecular weight excluding hydrogens is 790 g/mol. The molecule has 4 heterocycles. The van der Waals surface area contributed by atoms with Crippen molar-refractivity contribution in [3.05, 3.63) is 82.1 Å². The van der Waals surface area contributed by atoms with Crippen molar-refractivity contribution in [3.63, 3.8) is 0 Å². The van der Waals surface area contributed by atoms with Crippen LogP contribution in [0.1, 0.15) is 60.4 Å². The van der Waals surface area contributed by atoms with Gasteiger partial charge >= 0.3 is 0 Å². The van der Waals surface area contributed by atoms with Crippen LogP contribution < -0.4 is 26.3 Å². The molecule has 3 aliphatic rings. The van der Waals surface area contributed by atoms with Gasteiger partial charge in [0.25, 0.3) is 5.91 Å². The van der Waals surface area contributed by atoms with Crippen LogP contribution >= 0.6 is 15.9 Å². The first kappa shape index (κ1) is 39.3. The van der Waals surface area contributed by atoms with E-state index in [9.17, 15) is 23.6 Å². The summed E-state index contributed by atoms with van der Waals surface area (Å²) in [5.41, 5.74) is 4.41. The Morgan fingerprint density at radius 3 is 2.45 bits per heavy atom. The van der Waals surface area contributed by atoms with Gasteiger partial charge in [0.2, 0.25) is 17.7 Å². The maximum Gasteiger partial charge on any atom is 0.277 e. The molecule has 3 aromatic carbocycles. The number of aryl methyl sites for hydroxylation is 1. The van der Waals surface area contributed by atoms with Gasteiger partial charge in [0, 0.05) is 55.7 Å². The van der Waals surface area contributed by atoms with E-state index in [0.29, 0.717) is 28.7 Å². The Morgan fingerprint density at radius 1 is 0.982 bits per heavy atom. The number of hydrogen-bond donors (Lipinski definition) is 4. The molecule has 0 aliphatic carbocycles. The zero-order valence-electron chi connectivity index (χ0n) is 31.1. The average molecular weight is 836 g/mol. The van der Waals surface area contributed by atoms with Crippen LogP contribution in [0.3, 0.4) is 0 Å². The van der Waals surface area contributed by atoms with E-state index in [1.807, 2.05) is 12.1 Å². The normalized spacial score (nSPS) is 18.6. The van der Waals surface area contributed by atoms with Crippen LogP contribution in [0.25, 0.3) is 11.0 Å². The van der Waals surface area contributed by atoms with Crippen molar-refractivity contribution in [2.45, 2.75) is 44.4 Å². The first-order valence-corrected chi connectivity index (χ1v) is 19.8. The molecule has 13 nitrogen and oxygen atoms in total. The van der Waals surface area contributed by atoms with Crippen LogP contribution in [0.2, 0.25) is 0 Å². The highest BCUT2D eigenvalue weighted by molar-refractivity contribution is 9.10. The Hall–Kier alpha value is -4.93. The Morgan fingerprint density at radius 2 is 1.73 bits per heavy atom. The fourth-order valence-corrected chi connectivity index (χ4v) is 8.17. The van der Waals surface area contributed by atoms with Gasteiger partial charge in [0.05, 0.1) is 41.3 Å². The summed E-state index contributed by atoms with van der Waals surface area (Å²) in [5.74, 6) is -2.48. The Bertz CT molecular complexity index is 2100. The third-order valence-electron chi connectivity index (χ3n) is 11.1. The van der Waals surface area contributed by atoms with Crippen molar-refractivity contribution in [1.82, 2.24) is 30.6 Å². The lowest BCUT2D eigenvalue weighted by Gasteiger charge is -2.38. The van der Waals surface area contributed by atoms with E-state index in [-0.39, 0.29) is 65.2 Å². The maximum absolute atomic E-state index is 15.6. The van der Waals surface area contributed by atoms with Crippen LogP contribution in [0.5, 0.6) is 0 Å². The quantitative estimate of drug-likeness (QED) is 0.0850. The van der Waals surface area contributed by atoms with Gasteiger partial charge in [-0.15, -0.1) is 0 Å². The van der Waals surface area contributed by atoms with E-state index >= 15 is 4.39 Å². The number of nitrogens with one attached hydrogen (secondary N) is 4. The van der Waals surface area contributed by atoms with Crippen molar-refractivity contribution in [2.24, 2.45) is 18.9 Å². The number of aromatic nitrogens is 2. The SMILES string of the molecule is Cn1cnc2c(F)c(Nc3ccc(Br)cc3F)c(C(=O)NOCCNC(=O)C3CCN(CC4CCN(c5ccc(C6CCC(=O)NC6=O)cc5)CC4)CC3)cc21. The number of rotatable bonds is 12. The van der Waals surface area contributed by atoms with E-state index in [1.165, 1.54) is 24.5 Å². The van der Waals surface area contributed by atoms with Crippen molar-refractivity contribution >= 4 is 67.7 Å². The molecule has 1 atom stereocenters. The number of imidazole rings is 1. The molecule has 4 N–H and O–H groups in total. The van der Waals surface area contributed by atoms with E-state index in [1.54, 1.807) is 17.7 Å². The number of carbonyl (C=O) groups is 4. The molecule has 3 fully saturated rings. The molecule has 0 spiro atoms. The number of likely N-dealkylation sites (tertiary alicyclic amines) is 1. The van der Waals surface area contributed by atoms with Crippen LogP contribution in [-0.2, 0) is 26.3 Å². The van der Waals surface area contributed by atoms with Crippen molar-refractivity contribution in [1.29, 1.82) is 0 Å². The highest BCUT2D eigenvalue weighted by Gasteiger charge is 2.30. The van der Waals surface area contributed by atoms with Gasteiger partial charge in [-0.1, -0.05) is 28.1 Å². The number of halogens is 3. The lowest BCUT2D eigenvalue weighted by atomic mass is 9.90. The molecule has 296 valence electrons. The standard InChI is InChI=1S/C40H45BrF2N8O5/c1-49-23-45-37-33(49)21-30(36(35(37)43)46-32-8-4-27(41)20-31(32)42)40(55)48-56-19-14-44-38(53)26-12-15-50(16-13-26)22-24-10-17-51(18-11-24)28-5-2-25(3-6-28)29-7-9-34(52)47-39(29)54/h2-6,8,20-21,23-24,26,29,46H,7,9-19,22H2,1H3,(H,44,53)(H,48,55)(H,47,52,54). The number of nitrogens with zero attached hydrogens (tertiary/aromatic N) is 4. The topological polar surface area (TPSA) is 150 Å². The Balaban J connectivity index is 0.816. The van der Waals surface area contributed by atoms with Gasteiger partial charge in [0.15, 0.2) is 5.82 Å². The number of hydrogen-bond acceptors (Lipinski definition) is 9. The largest absolute Gasteiger partial charge is 0.372 e. The fourth-order valence-electron chi connectivity index (χ4n) is 7.84. The number of fused-ring (bicyclic) bond motifs is 1. The van der Waals surface area contributed by atoms with Crippen LogP contribution in [0.15, 0.2) is 59.3 Å². The maximum atomic E-state index is 15.6. The molecular formula is C40H45BrF2N8O5. The monoisotopic (exact) mass is 834 g/mol.